The van der Waals surface area contributed by atoms with Crippen LogP contribution in [0.2, 0.25) is 0 Å². The standard InChI is InChI=1S/C11H10F4N4S/c1-7(8-4-2-3-5-9(8)12)20-10-16-17-18-19(10)6-11(13,14)15/h2-5,7H,6H2,1H3/t7-/m1/s1. The smallest absolute Gasteiger partial charge is 0.211 e. The predicted octanol–water partition coefficient (Wildman–Crippen LogP) is 3.23. The second-order valence-electron chi connectivity index (χ2n) is 4.02. The number of benzene rings is 1. The third-order valence-corrected chi connectivity index (χ3v) is 3.56. The van der Waals surface area contributed by atoms with E-state index in [-0.39, 0.29) is 5.16 Å². The zero-order valence-corrected chi connectivity index (χ0v) is 11.1. The summed E-state index contributed by atoms with van der Waals surface area (Å²) in [6.07, 6.45) is -4.41. The number of halogens is 4. The van der Waals surface area contributed by atoms with Gasteiger partial charge in [-0.15, -0.1) is 5.10 Å². The number of thioether (sulfide) groups is 1. The molecule has 0 saturated carbocycles. The molecule has 1 atom stereocenters. The Morgan fingerprint density at radius 2 is 2.00 bits per heavy atom. The normalized spacial score (nSPS) is 13.4. The van der Waals surface area contributed by atoms with Crippen LogP contribution in [-0.2, 0) is 6.54 Å². The van der Waals surface area contributed by atoms with E-state index in [0.29, 0.717) is 10.2 Å². The maximum atomic E-state index is 13.6. The molecule has 108 valence electrons. The van der Waals surface area contributed by atoms with Crippen molar-refractivity contribution in [2.45, 2.75) is 30.1 Å². The van der Waals surface area contributed by atoms with Crippen molar-refractivity contribution in [3.63, 3.8) is 0 Å². The molecule has 0 saturated heterocycles. The van der Waals surface area contributed by atoms with E-state index < -0.39 is 23.8 Å². The Kier molecular flexibility index (Phi) is 4.26. The van der Waals surface area contributed by atoms with Gasteiger partial charge in [0.05, 0.1) is 0 Å². The van der Waals surface area contributed by atoms with Crippen molar-refractivity contribution in [3.05, 3.63) is 35.6 Å². The molecule has 0 N–H and O–H groups in total. The van der Waals surface area contributed by atoms with Gasteiger partial charge in [-0.25, -0.2) is 9.07 Å². The fraction of sp³-hybridized carbons (Fsp3) is 0.364. The molecule has 1 aromatic heterocycles. The van der Waals surface area contributed by atoms with Crippen molar-refractivity contribution in [1.29, 1.82) is 0 Å². The zero-order valence-electron chi connectivity index (χ0n) is 10.3. The van der Waals surface area contributed by atoms with E-state index >= 15 is 0 Å². The molecule has 9 heteroatoms. The number of nitrogens with zero attached hydrogens (tertiary/aromatic N) is 4. The van der Waals surface area contributed by atoms with Crippen LogP contribution in [0.25, 0.3) is 0 Å². The summed E-state index contributed by atoms with van der Waals surface area (Å²) < 4.78 is 51.3. The van der Waals surface area contributed by atoms with E-state index in [2.05, 4.69) is 15.5 Å². The minimum atomic E-state index is -4.41. The first-order valence-corrected chi connectivity index (χ1v) is 6.49. The van der Waals surface area contributed by atoms with Gasteiger partial charge < -0.3 is 0 Å². The van der Waals surface area contributed by atoms with Crippen molar-refractivity contribution >= 4 is 11.8 Å². The molecule has 0 aliphatic heterocycles. The van der Waals surface area contributed by atoms with Crippen LogP contribution in [0.5, 0.6) is 0 Å². The van der Waals surface area contributed by atoms with Crippen molar-refractivity contribution in [1.82, 2.24) is 20.2 Å². The van der Waals surface area contributed by atoms with E-state index in [1.807, 2.05) is 0 Å². The fourth-order valence-electron chi connectivity index (χ4n) is 1.58. The molecule has 0 aliphatic rings. The highest BCUT2D eigenvalue weighted by Crippen LogP contribution is 2.34. The maximum absolute atomic E-state index is 13.6. The molecule has 0 spiro atoms. The Hall–Kier alpha value is -1.64. The second-order valence-corrected chi connectivity index (χ2v) is 5.32. The first kappa shape index (κ1) is 14.8. The van der Waals surface area contributed by atoms with Gasteiger partial charge >= 0.3 is 6.18 Å². The molecule has 0 radical (unpaired) electrons. The van der Waals surface area contributed by atoms with Crippen LogP contribution in [0, 0.1) is 5.82 Å². The first-order chi connectivity index (χ1) is 9.37. The predicted molar refractivity (Wildman–Crippen MR) is 64.5 cm³/mol. The Labute approximate surface area is 116 Å². The lowest BCUT2D eigenvalue weighted by Gasteiger charge is -2.12. The van der Waals surface area contributed by atoms with E-state index in [1.165, 1.54) is 6.07 Å². The average Bonchev–Trinajstić information content (AvgIpc) is 2.74. The van der Waals surface area contributed by atoms with Crippen LogP contribution >= 0.6 is 11.8 Å². The van der Waals surface area contributed by atoms with Gasteiger partial charge in [0.25, 0.3) is 0 Å². The molecule has 2 rings (SSSR count). The molecule has 0 unspecified atom stereocenters. The Bertz CT molecular complexity index is 584. The summed E-state index contributed by atoms with van der Waals surface area (Å²) in [5.74, 6) is -0.414. The van der Waals surface area contributed by atoms with Gasteiger partial charge in [-0.1, -0.05) is 30.0 Å². The molecule has 1 heterocycles. The van der Waals surface area contributed by atoms with Gasteiger partial charge in [0.1, 0.15) is 12.4 Å². The molecule has 1 aromatic carbocycles. The van der Waals surface area contributed by atoms with Crippen LogP contribution in [-0.4, -0.2) is 26.4 Å². The molecule has 0 amide bonds. The fourth-order valence-corrected chi connectivity index (χ4v) is 2.52. The molecule has 2 aromatic rings. The largest absolute Gasteiger partial charge is 0.408 e. The summed E-state index contributed by atoms with van der Waals surface area (Å²) in [6, 6.07) is 6.08. The molecule has 20 heavy (non-hydrogen) atoms. The van der Waals surface area contributed by atoms with Crippen LogP contribution in [0.15, 0.2) is 29.4 Å². The molecule has 0 aliphatic carbocycles. The number of tetrazole rings is 1. The molecule has 0 bridgehead atoms. The van der Waals surface area contributed by atoms with E-state index in [4.69, 9.17) is 0 Å². The number of hydrogen-bond acceptors (Lipinski definition) is 4. The average molecular weight is 306 g/mol. The zero-order chi connectivity index (χ0) is 14.8. The lowest BCUT2D eigenvalue weighted by atomic mass is 10.1. The minimum absolute atomic E-state index is 0.00178. The summed E-state index contributed by atoms with van der Waals surface area (Å²) in [6.45, 7) is 0.405. The van der Waals surface area contributed by atoms with Crippen LogP contribution in [0.4, 0.5) is 17.6 Å². The topological polar surface area (TPSA) is 43.6 Å². The van der Waals surface area contributed by atoms with Crippen LogP contribution in [0.3, 0.4) is 0 Å². The van der Waals surface area contributed by atoms with Gasteiger partial charge in [0.15, 0.2) is 0 Å². The third kappa shape index (κ3) is 3.69. The van der Waals surface area contributed by atoms with Gasteiger partial charge in [-0.05, 0) is 23.4 Å². The summed E-state index contributed by atoms with van der Waals surface area (Å²) in [4.78, 5) is 0. The lowest BCUT2D eigenvalue weighted by molar-refractivity contribution is -0.144. The Morgan fingerprint density at radius 1 is 1.30 bits per heavy atom. The van der Waals surface area contributed by atoms with Gasteiger partial charge in [0, 0.05) is 10.8 Å². The second kappa shape index (κ2) is 5.78. The highest BCUT2D eigenvalue weighted by atomic mass is 32.2. The number of aromatic nitrogens is 4. The molecular weight excluding hydrogens is 296 g/mol. The maximum Gasteiger partial charge on any atom is 0.408 e. The summed E-state index contributed by atoms with van der Waals surface area (Å²) in [5.41, 5.74) is 0.388. The van der Waals surface area contributed by atoms with Crippen molar-refractivity contribution in [2.24, 2.45) is 0 Å². The van der Waals surface area contributed by atoms with Crippen molar-refractivity contribution in [2.75, 3.05) is 0 Å². The summed E-state index contributed by atoms with van der Waals surface area (Å²) >= 11 is 0.972. The molecular formula is C11H10F4N4S. The number of alkyl halides is 3. The lowest BCUT2D eigenvalue weighted by Crippen LogP contribution is -2.19. The SMILES string of the molecule is C[C@@H](Sc1nnnn1CC(F)(F)F)c1ccccc1F. The third-order valence-electron chi connectivity index (χ3n) is 2.45. The Balaban J connectivity index is 2.15. The first-order valence-electron chi connectivity index (χ1n) is 5.61. The van der Waals surface area contributed by atoms with Gasteiger partial charge in [-0.3, -0.25) is 0 Å². The minimum Gasteiger partial charge on any atom is -0.211 e. The summed E-state index contributed by atoms with van der Waals surface area (Å²) in [5, 5.41) is 9.64. The quantitative estimate of drug-likeness (QED) is 0.642. The van der Waals surface area contributed by atoms with E-state index in [9.17, 15) is 17.6 Å². The highest BCUT2D eigenvalue weighted by Gasteiger charge is 2.30. The van der Waals surface area contributed by atoms with Crippen LogP contribution in [0.1, 0.15) is 17.7 Å². The van der Waals surface area contributed by atoms with Crippen molar-refractivity contribution in [3.8, 4) is 0 Å². The van der Waals surface area contributed by atoms with Gasteiger partial charge in [-0.2, -0.15) is 13.2 Å². The van der Waals surface area contributed by atoms with E-state index in [1.54, 1.807) is 25.1 Å². The molecule has 0 fully saturated rings. The van der Waals surface area contributed by atoms with Crippen molar-refractivity contribution < 1.29 is 17.6 Å². The highest BCUT2D eigenvalue weighted by molar-refractivity contribution is 7.99. The number of rotatable bonds is 4. The molecule has 4 nitrogen and oxygen atoms in total. The van der Waals surface area contributed by atoms with Gasteiger partial charge in [0.2, 0.25) is 5.16 Å². The Morgan fingerprint density at radius 3 is 2.65 bits per heavy atom. The van der Waals surface area contributed by atoms with E-state index in [0.717, 1.165) is 11.8 Å². The number of hydrogen-bond donors (Lipinski definition) is 0. The monoisotopic (exact) mass is 306 g/mol. The van der Waals surface area contributed by atoms with Crippen LogP contribution < -0.4 is 0 Å². The summed E-state index contributed by atoms with van der Waals surface area (Å²) in [7, 11) is 0.